The maximum atomic E-state index is 10.8. The predicted molar refractivity (Wildman–Crippen MR) is 54.3 cm³/mol. The maximum Gasteiger partial charge on any atom is 0.316 e. The number of likely N-dealkylation sites (tertiary alicyclic amines) is 1. The highest BCUT2D eigenvalue weighted by Crippen LogP contribution is 2.05. The smallest absolute Gasteiger partial charge is 0.301 e. The Bertz CT molecular complexity index is 289. The molecule has 0 aromatic heterocycles. The molecule has 6 heteroatoms. The predicted octanol–water partition coefficient (Wildman–Crippen LogP) is -1.32. The molecule has 2 rings (SSSR count). The quantitative estimate of drug-likeness (QED) is 0.568. The van der Waals surface area contributed by atoms with E-state index in [1.165, 1.54) is 12.8 Å². The average molecular weight is 210 g/mol. The van der Waals surface area contributed by atoms with Crippen molar-refractivity contribution in [1.29, 1.82) is 0 Å². The summed E-state index contributed by atoms with van der Waals surface area (Å²) in [7, 11) is 0. The fourth-order valence-electron chi connectivity index (χ4n) is 1.75. The first-order valence-electron chi connectivity index (χ1n) is 5.15. The van der Waals surface area contributed by atoms with Gasteiger partial charge in [-0.2, -0.15) is 0 Å². The summed E-state index contributed by atoms with van der Waals surface area (Å²) in [6.45, 7) is 3.75. The zero-order chi connectivity index (χ0) is 10.7. The molecular weight excluding hydrogens is 196 g/mol. The minimum atomic E-state index is -0.630. The van der Waals surface area contributed by atoms with E-state index in [2.05, 4.69) is 20.5 Å². The first-order valence-corrected chi connectivity index (χ1v) is 5.15. The Hall–Kier alpha value is -1.43. The molecule has 0 saturated carbocycles. The van der Waals surface area contributed by atoms with Gasteiger partial charge in [-0.1, -0.05) is 0 Å². The summed E-state index contributed by atoms with van der Waals surface area (Å²) in [6.07, 6.45) is 2.51. The van der Waals surface area contributed by atoms with Gasteiger partial charge in [-0.3, -0.25) is 25.2 Å². The molecule has 0 atom stereocenters. The van der Waals surface area contributed by atoms with E-state index in [1.807, 2.05) is 0 Å². The number of rotatable bonds is 3. The first-order chi connectivity index (χ1) is 7.25. The molecule has 15 heavy (non-hydrogen) atoms. The third-order valence-corrected chi connectivity index (χ3v) is 2.55. The summed E-state index contributed by atoms with van der Waals surface area (Å²) in [5.41, 5.74) is 0. The van der Waals surface area contributed by atoms with Crippen LogP contribution in [0.5, 0.6) is 0 Å². The largest absolute Gasteiger partial charge is 0.316 e. The van der Waals surface area contributed by atoms with Crippen molar-refractivity contribution in [2.75, 3.05) is 26.2 Å². The number of carbonyl (C=O) groups is 2. The number of nitrogens with one attached hydrogen (secondary N) is 2. The molecule has 0 aliphatic carbocycles. The molecule has 0 spiro atoms. The van der Waals surface area contributed by atoms with E-state index in [9.17, 15) is 9.59 Å². The monoisotopic (exact) mass is 210 g/mol. The topological polar surface area (TPSA) is 73.8 Å². The van der Waals surface area contributed by atoms with Gasteiger partial charge in [0.05, 0.1) is 6.54 Å². The van der Waals surface area contributed by atoms with Crippen LogP contribution in [0.25, 0.3) is 0 Å². The number of aliphatic imine (C=N–C) groups is 1. The van der Waals surface area contributed by atoms with Crippen LogP contribution in [0, 0.1) is 0 Å². The van der Waals surface area contributed by atoms with Crippen molar-refractivity contribution in [2.45, 2.75) is 12.8 Å². The fourth-order valence-corrected chi connectivity index (χ4v) is 1.75. The van der Waals surface area contributed by atoms with Gasteiger partial charge in [0.2, 0.25) is 5.96 Å². The second kappa shape index (κ2) is 4.39. The molecule has 0 bridgehead atoms. The van der Waals surface area contributed by atoms with Crippen LogP contribution in [0.1, 0.15) is 12.8 Å². The number of nitrogens with zero attached hydrogens (tertiary/aromatic N) is 2. The molecule has 2 saturated heterocycles. The molecule has 82 valence electrons. The summed E-state index contributed by atoms with van der Waals surface area (Å²) < 4.78 is 0. The van der Waals surface area contributed by atoms with Gasteiger partial charge in [-0.25, -0.2) is 0 Å². The lowest BCUT2D eigenvalue weighted by Gasteiger charge is -2.11. The summed E-state index contributed by atoms with van der Waals surface area (Å²) in [6, 6.07) is 0. The number of carbonyl (C=O) groups excluding carboxylic acids is 2. The SMILES string of the molecule is O=C1NC(=NCCN2CCCC2)NC1=O. The van der Waals surface area contributed by atoms with E-state index < -0.39 is 11.8 Å². The van der Waals surface area contributed by atoms with Gasteiger partial charge in [0.1, 0.15) is 0 Å². The van der Waals surface area contributed by atoms with E-state index in [0.717, 1.165) is 19.6 Å². The highest BCUT2D eigenvalue weighted by atomic mass is 16.2. The third kappa shape index (κ3) is 2.53. The van der Waals surface area contributed by atoms with Gasteiger partial charge in [-0.15, -0.1) is 0 Å². The van der Waals surface area contributed by atoms with Crippen molar-refractivity contribution in [3.8, 4) is 0 Å². The molecular formula is C9H14N4O2. The third-order valence-electron chi connectivity index (χ3n) is 2.55. The Morgan fingerprint density at radius 2 is 1.73 bits per heavy atom. The number of guanidine groups is 1. The second-order valence-corrected chi connectivity index (χ2v) is 3.69. The van der Waals surface area contributed by atoms with Crippen LogP contribution < -0.4 is 10.6 Å². The van der Waals surface area contributed by atoms with Crippen LogP contribution in [0.3, 0.4) is 0 Å². The van der Waals surface area contributed by atoms with Crippen LogP contribution in [0.2, 0.25) is 0 Å². The number of amides is 2. The van der Waals surface area contributed by atoms with Crippen LogP contribution in [0.15, 0.2) is 4.99 Å². The lowest BCUT2D eigenvalue weighted by molar-refractivity contribution is -0.135. The van der Waals surface area contributed by atoms with Crippen molar-refractivity contribution < 1.29 is 9.59 Å². The minimum Gasteiger partial charge on any atom is -0.301 e. The van der Waals surface area contributed by atoms with E-state index >= 15 is 0 Å². The zero-order valence-electron chi connectivity index (χ0n) is 8.45. The standard InChI is InChI=1S/C9H14N4O2/c14-7-8(15)12-9(11-7)10-3-6-13-4-1-2-5-13/h1-6H2,(H2,10,11,12,14,15). The van der Waals surface area contributed by atoms with Gasteiger partial charge in [0, 0.05) is 6.54 Å². The van der Waals surface area contributed by atoms with Gasteiger partial charge >= 0.3 is 11.8 Å². The normalized spacial score (nSPS) is 21.7. The van der Waals surface area contributed by atoms with Crippen molar-refractivity contribution in [3.63, 3.8) is 0 Å². The molecule has 2 fully saturated rings. The molecule has 0 aromatic carbocycles. The Morgan fingerprint density at radius 3 is 2.33 bits per heavy atom. The van der Waals surface area contributed by atoms with Gasteiger partial charge in [0.25, 0.3) is 0 Å². The highest BCUT2D eigenvalue weighted by Gasteiger charge is 2.24. The Balaban J connectivity index is 1.74. The van der Waals surface area contributed by atoms with E-state index in [-0.39, 0.29) is 5.96 Å². The second-order valence-electron chi connectivity index (χ2n) is 3.69. The van der Waals surface area contributed by atoms with Gasteiger partial charge in [-0.05, 0) is 25.9 Å². The van der Waals surface area contributed by atoms with Gasteiger partial charge in [0.15, 0.2) is 0 Å². The molecule has 0 unspecified atom stereocenters. The van der Waals surface area contributed by atoms with Gasteiger partial charge < -0.3 is 4.90 Å². The number of hydrogen-bond donors (Lipinski definition) is 2. The first kappa shape index (κ1) is 10.1. The lowest BCUT2D eigenvalue weighted by Crippen LogP contribution is -2.28. The summed E-state index contributed by atoms with van der Waals surface area (Å²) in [4.78, 5) is 28.0. The minimum absolute atomic E-state index is 0.282. The molecule has 2 aliphatic heterocycles. The van der Waals surface area contributed by atoms with E-state index in [1.54, 1.807) is 0 Å². The number of hydrogen-bond acceptors (Lipinski definition) is 4. The van der Waals surface area contributed by atoms with Crippen molar-refractivity contribution >= 4 is 17.8 Å². The van der Waals surface area contributed by atoms with Crippen LogP contribution in [-0.2, 0) is 9.59 Å². The van der Waals surface area contributed by atoms with Crippen LogP contribution in [-0.4, -0.2) is 48.9 Å². The average Bonchev–Trinajstić information content (AvgIpc) is 2.79. The van der Waals surface area contributed by atoms with E-state index in [0.29, 0.717) is 6.54 Å². The highest BCUT2D eigenvalue weighted by molar-refractivity contribution is 6.45. The molecule has 0 aromatic rings. The summed E-state index contributed by atoms with van der Waals surface area (Å²) in [5.74, 6) is -0.978. The molecule has 2 N–H and O–H groups in total. The van der Waals surface area contributed by atoms with Crippen LogP contribution >= 0.6 is 0 Å². The van der Waals surface area contributed by atoms with Crippen molar-refractivity contribution in [3.05, 3.63) is 0 Å². The Morgan fingerprint density at radius 1 is 1.13 bits per heavy atom. The van der Waals surface area contributed by atoms with E-state index in [4.69, 9.17) is 0 Å². The van der Waals surface area contributed by atoms with Crippen LogP contribution in [0.4, 0.5) is 0 Å². The Kier molecular flexibility index (Phi) is 2.96. The molecule has 6 nitrogen and oxygen atoms in total. The Labute approximate surface area is 87.7 Å². The lowest BCUT2D eigenvalue weighted by atomic mass is 10.4. The fraction of sp³-hybridized carbons (Fsp3) is 0.667. The molecule has 2 amide bonds. The molecule has 2 heterocycles. The molecule has 2 aliphatic rings. The maximum absolute atomic E-state index is 10.8. The molecule has 0 radical (unpaired) electrons. The summed E-state index contributed by atoms with van der Waals surface area (Å²) >= 11 is 0. The van der Waals surface area contributed by atoms with Crippen molar-refractivity contribution in [2.24, 2.45) is 4.99 Å². The zero-order valence-corrected chi connectivity index (χ0v) is 8.45. The van der Waals surface area contributed by atoms with Crippen molar-refractivity contribution in [1.82, 2.24) is 15.5 Å². The summed E-state index contributed by atoms with van der Waals surface area (Å²) in [5, 5.41) is 4.72.